The molecule has 4 rings (SSSR count). The van der Waals surface area contributed by atoms with Crippen LogP contribution < -0.4 is 10.1 Å². The summed E-state index contributed by atoms with van der Waals surface area (Å²) in [6.45, 7) is -0.366. The molecule has 3 aromatic carbocycles. The third-order valence-electron chi connectivity index (χ3n) is 5.70. The van der Waals surface area contributed by atoms with Gasteiger partial charge in [0.25, 0.3) is 17.7 Å². The fourth-order valence-corrected chi connectivity index (χ4v) is 3.94. The minimum Gasteiger partial charge on any atom is -0.496 e. The van der Waals surface area contributed by atoms with Gasteiger partial charge in [-0.25, -0.2) is 4.79 Å². The van der Waals surface area contributed by atoms with Crippen molar-refractivity contribution in [3.63, 3.8) is 0 Å². The Morgan fingerprint density at radius 3 is 2.11 bits per heavy atom. The summed E-state index contributed by atoms with van der Waals surface area (Å²) in [7, 11) is 1.54. The van der Waals surface area contributed by atoms with E-state index < -0.39 is 36.3 Å². The maximum Gasteiger partial charge on any atom is 0.330 e. The van der Waals surface area contributed by atoms with Crippen molar-refractivity contribution in [1.29, 1.82) is 0 Å². The van der Waals surface area contributed by atoms with E-state index in [1.54, 1.807) is 54.6 Å². The molecule has 0 unspecified atom stereocenters. The molecule has 0 saturated carbocycles. The highest BCUT2D eigenvalue weighted by Crippen LogP contribution is 2.26. The van der Waals surface area contributed by atoms with Crippen LogP contribution in [0.15, 0.2) is 78.9 Å². The largest absolute Gasteiger partial charge is 0.496 e. The van der Waals surface area contributed by atoms with Crippen LogP contribution in [0.1, 0.15) is 31.8 Å². The molecule has 1 aliphatic rings. The Labute approximate surface area is 202 Å². The molecule has 1 N–H and O–H groups in total. The van der Waals surface area contributed by atoms with Crippen molar-refractivity contribution >= 4 is 23.7 Å². The predicted octanol–water partition coefficient (Wildman–Crippen LogP) is 2.76. The molecule has 1 aliphatic heterocycles. The summed E-state index contributed by atoms with van der Waals surface area (Å²) in [5, 5.41) is 2.68. The van der Waals surface area contributed by atoms with Gasteiger partial charge in [-0.1, -0.05) is 60.7 Å². The summed E-state index contributed by atoms with van der Waals surface area (Å²) in [5.74, 6) is -1.87. The van der Waals surface area contributed by atoms with Crippen LogP contribution in [0.2, 0.25) is 0 Å². The van der Waals surface area contributed by atoms with E-state index in [0.29, 0.717) is 5.75 Å². The summed E-state index contributed by atoms with van der Waals surface area (Å²) in [6, 6.07) is 21.4. The van der Waals surface area contributed by atoms with Gasteiger partial charge < -0.3 is 14.8 Å². The number of para-hydroxylation sites is 1. The molecule has 35 heavy (non-hydrogen) atoms. The summed E-state index contributed by atoms with van der Waals surface area (Å²) in [4.78, 5) is 52.4. The predicted molar refractivity (Wildman–Crippen MR) is 127 cm³/mol. The molecular formula is C27H24N2O6. The molecule has 0 aromatic heterocycles. The first-order valence-corrected chi connectivity index (χ1v) is 11.1. The van der Waals surface area contributed by atoms with Crippen molar-refractivity contribution in [1.82, 2.24) is 10.2 Å². The Morgan fingerprint density at radius 2 is 1.46 bits per heavy atom. The Bertz CT molecular complexity index is 1220. The number of hydrogen-bond acceptors (Lipinski definition) is 6. The highest BCUT2D eigenvalue weighted by atomic mass is 16.5. The number of esters is 1. The van der Waals surface area contributed by atoms with E-state index >= 15 is 0 Å². The lowest BCUT2D eigenvalue weighted by Gasteiger charge is -2.24. The zero-order chi connectivity index (χ0) is 24.8. The number of amides is 3. The van der Waals surface area contributed by atoms with Gasteiger partial charge in [0.15, 0.2) is 6.61 Å². The summed E-state index contributed by atoms with van der Waals surface area (Å²) in [6.07, 6.45) is 0.0635. The molecule has 0 aliphatic carbocycles. The standard InChI is InChI=1S/C27H24N2O6/c1-34-23-14-8-5-11-19(23)16-28-24(30)17-35-27(33)22(15-18-9-3-2-4-10-18)29-25(31)20-12-6-7-13-21(20)26(29)32/h2-14,22H,15-17H2,1H3,(H,28,30)/t22-/m0/s1. The molecule has 0 bridgehead atoms. The van der Waals surface area contributed by atoms with Crippen molar-refractivity contribution in [2.75, 3.05) is 13.7 Å². The molecule has 1 heterocycles. The smallest absolute Gasteiger partial charge is 0.330 e. The Balaban J connectivity index is 1.46. The van der Waals surface area contributed by atoms with Crippen LogP contribution in [0.25, 0.3) is 0 Å². The van der Waals surface area contributed by atoms with Crippen molar-refractivity contribution in [3.8, 4) is 5.75 Å². The van der Waals surface area contributed by atoms with E-state index in [2.05, 4.69) is 5.32 Å². The van der Waals surface area contributed by atoms with E-state index in [1.807, 2.05) is 24.3 Å². The average Bonchev–Trinajstić information content (AvgIpc) is 3.15. The normalized spacial score (nSPS) is 13.2. The number of nitrogens with zero attached hydrogens (tertiary/aromatic N) is 1. The summed E-state index contributed by atoms with van der Waals surface area (Å²) < 4.78 is 10.5. The van der Waals surface area contributed by atoms with Crippen LogP contribution in [-0.2, 0) is 27.3 Å². The SMILES string of the molecule is COc1ccccc1CNC(=O)COC(=O)[C@H](Cc1ccccc1)N1C(=O)c2ccccc2C1=O. The second-order valence-corrected chi connectivity index (χ2v) is 7.93. The summed E-state index contributed by atoms with van der Waals surface area (Å²) >= 11 is 0. The van der Waals surface area contributed by atoms with Gasteiger partial charge in [-0.2, -0.15) is 0 Å². The van der Waals surface area contributed by atoms with Crippen molar-refractivity contribution in [2.24, 2.45) is 0 Å². The maximum absolute atomic E-state index is 13.1. The van der Waals surface area contributed by atoms with E-state index in [-0.39, 0.29) is 24.1 Å². The molecule has 178 valence electrons. The molecule has 8 heteroatoms. The molecule has 3 aromatic rings. The number of nitrogens with one attached hydrogen (secondary N) is 1. The molecule has 0 spiro atoms. The van der Waals surface area contributed by atoms with Gasteiger partial charge >= 0.3 is 5.97 Å². The number of ether oxygens (including phenoxy) is 2. The van der Waals surface area contributed by atoms with Gasteiger partial charge in [0.2, 0.25) is 0 Å². The van der Waals surface area contributed by atoms with Gasteiger partial charge in [-0.3, -0.25) is 19.3 Å². The van der Waals surface area contributed by atoms with Crippen LogP contribution in [0, 0.1) is 0 Å². The highest BCUT2D eigenvalue weighted by Gasteiger charge is 2.43. The fraction of sp³-hybridized carbons (Fsp3) is 0.185. The molecule has 0 radical (unpaired) electrons. The fourth-order valence-electron chi connectivity index (χ4n) is 3.94. The second kappa shape index (κ2) is 10.6. The van der Waals surface area contributed by atoms with Crippen LogP contribution in [0.3, 0.4) is 0 Å². The van der Waals surface area contributed by atoms with E-state index in [4.69, 9.17) is 9.47 Å². The molecule has 0 saturated heterocycles. The van der Waals surface area contributed by atoms with Crippen molar-refractivity contribution < 1.29 is 28.7 Å². The van der Waals surface area contributed by atoms with Crippen molar-refractivity contribution in [2.45, 2.75) is 19.0 Å². The number of imide groups is 1. The number of hydrogen-bond donors (Lipinski definition) is 1. The number of fused-ring (bicyclic) bond motifs is 1. The van der Waals surface area contributed by atoms with Crippen LogP contribution in [-0.4, -0.2) is 48.3 Å². The van der Waals surface area contributed by atoms with Crippen LogP contribution >= 0.6 is 0 Å². The first-order valence-electron chi connectivity index (χ1n) is 11.1. The first kappa shape index (κ1) is 23.7. The lowest BCUT2D eigenvalue weighted by Crippen LogP contribution is -2.47. The lowest BCUT2D eigenvalue weighted by atomic mass is 10.0. The minimum atomic E-state index is -1.22. The quantitative estimate of drug-likeness (QED) is 0.380. The molecular weight excluding hydrogens is 448 g/mol. The zero-order valence-corrected chi connectivity index (χ0v) is 19.1. The lowest BCUT2D eigenvalue weighted by molar-refractivity contribution is -0.152. The molecule has 8 nitrogen and oxygen atoms in total. The Kier molecular flexibility index (Phi) is 7.21. The molecule has 1 atom stereocenters. The van der Waals surface area contributed by atoms with E-state index in [0.717, 1.165) is 16.0 Å². The first-order chi connectivity index (χ1) is 17.0. The van der Waals surface area contributed by atoms with Crippen LogP contribution in [0.5, 0.6) is 5.75 Å². The minimum absolute atomic E-state index is 0.0635. The number of benzene rings is 3. The van der Waals surface area contributed by atoms with Gasteiger partial charge in [-0.15, -0.1) is 0 Å². The highest BCUT2D eigenvalue weighted by molar-refractivity contribution is 6.22. The second-order valence-electron chi connectivity index (χ2n) is 7.93. The monoisotopic (exact) mass is 472 g/mol. The number of methoxy groups -OCH3 is 1. The average molecular weight is 472 g/mol. The topological polar surface area (TPSA) is 102 Å². The Hall–Kier alpha value is -4.46. The van der Waals surface area contributed by atoms with E-state index in [1.165, 1.54) is 7.11 Å². The third-order valence-corrected chi connectivity index (χ3v) is 5.70. The van der Waals surface area contributed by atoms with Gasteiger partial charge in [0, 0.05) is 18.5 Å². The van der Waals surface area contributed by atoms with E-state index in [9.17, 15) is 19.2 Å². The number of carbonyl (C=O) groups excluding carboxylic acids is 4. The van der Waals surface area contributed by atoms with Gasteiger partial charge in [0.1, 0.15) is 11.8 Å². The number of carbonyl (C=O) groups is 4. The van der Waals surface area contributed by atoms with Gasteiger partial charge in [-0.05, 0) is 23.8 Å². The number of rotatable bonds is 9. The molecule has 0 fully saturated rings. The van der Waals surface area contributed by atoms with Crippen molar-refractivity contribution in [3.05, 3.63) is 101 Å². The van der Waals surface area contributed by atoms with Gasteiger partial charge in [0.05, 0.1) is 18.2 Å². The van der Waals surface area contributed by atoms with Crippen LogP contribution in [0.4, 0.5) is 0 Å². The Morgan fingerprint density at radius 1 is 0.857 bits per heavy atom. The third kappa shape index (κ3) is 5.22. The zero-order valence-electron chi connectivity index (χ0n) is 19.1. The maximum atomic E-state index is 13.1. The molecule has 3 amide bonds. The summed E-state index contributed by atoms with van der Waals surface area (Å²) in [5.41, 5.74) is 1.98.